The van der Waals surface area contributed by atoms with Gasteiger partial charge in [-0.25, -0.2) is 0 Å². The quantitative estimate of drug-likeness (QED) is 0.727. The fourth-order valence-electron chi connectivity index (χ4n) is 2.83. The number of aliphatic hydroxyl groups is 1. The van der Waals surface area contributed by atoms with Gasteiger partial charge in [-0.05, 0) is 45.1 Å². The van der Waals surface area contributed by atoms with Crippen LogP contribution in [0.1, 0.15) is 33.1 Å². The third-order valence-electron chi connectivity index (χ3n) is 4.59. The van der Waals surface area contributed by atoms with Crippen LogP contribution in [0.3, 0.4) is 0 Å². The van der Waals surface area contributed by atoms with E-state index in [4.69, 9.17) is 4.74 Å². The lowest BCUT2D eigenvalue weighted by Crippen LogP contribution is -2.52. The molecule has 4 nitrogen and oxygen atoms in total. The second-order valence-electron chi connectivity index (χ2n) is 6.65. The van der Waals surface area contributed by atoms with Gasteiger partial charge in [-0.1, -0.05) is 6.92 Å². The van der Waals surface area contributed by atoms with E-state index in [0.29, 0.717) is 31.2 Å². The molecule has 2 N–H and O–H groups in total. The first-order valence-electron chi connectivity index (χ1n) is 7.75. The zero-order chi connectivity index (χ0) is 13.8. The molecule has 0 aromatic heterocycles. The van der Waals surface area contributed by atoms with Crippen molar-refractivity contribution in [3.8, 4) is 0 Å². The smallest absolute Gasteiger partial charge is 0.0897 e. The first-order chi connectivity index (χ1) is 9.06. The van der Waals surface area contributed by atoms with Crippen LogP contribution in [0, 0.1) is 11.8 Å². The summed E-state index contributed by atoms with van der Waals surface area (Å²) in [6.07, 6.45) is 3.40. The van der Waals surface area contributed by atoms with Gasteiger partial charge in [-0.15, -0.1) is 0 Å². The topological polar surface area (TPSA) is 44.7 Å². The van der Waals surface area contributed by atoms with Crippen LogP contribution in [-0.4, -0.2) is 61.5 Å². The number of piperidine rings is 1. The van der Waals surface area contributed by atoms with Gasteiger partial charge in [0, 0.05) is 31.8 Å². The highest BCUT2D eigenvalue weighted by Crippen LogP contribution is 2.28. The Morgan fingerprint density at radius 3 is 2.79 bits per heavy atom. The maximum Gasteiger partial charge on any atom is 0.0897 e. The predicted molar refractivity (Wildman–Crippen MR) is 77.2 cm³/mol. The molecule has 1 aliphatic carbocycles. The minimum absolute atomic E-state index is 0.374. The second-order valence-corrected chi connectivity index (χ2v) is 6.65. The Labute approximate surface area is 117 Å². The summed E-state index contributed by atoms with van der Waals surface area (Å²) in [4.78, 5) is 2.41. The van der Waals surface area contributed by atoms with Crippen LogP contribution in [0.25, 0.3) is 0 Å². The van der Waals surface area contributed by atoms with Crippen molar-refractivity contribution in [3.05, 3.63) is 0 Å². The van der Waals surface area contributed by atoms with E-state index in [1.54, 1.807) is 0 Å². The minimum Gasteiger partial charge on any atom is -0.389 e. The molecule has 1 aliphatic heterocycles. The van der Waals surface area contributed by atoms with Crippen molar-refractivity contribution < 1.29 is 9.84 Å². The highest BCUT2D eigenvalue weighted by Gasteiger charge is 2.28. The summed E-state index contributed by atoms with van der Waals surface area (Å²) in [5.41, 5.74) is 0. The Kier molecular flexibility index (Phi) is 5.63. The molecule has 1 saturated carbocycles. The zero-order valence-electron chi connectivity index (χ0n) is 12.6. The van der Waals surface area contributed by atoms with Crippen LogP contribution < -0.4 is 5.32 Å². The van der Waals surface area contributed by atoms with Crippen molar-refractivity contribution >= 4 is 0 Å². The number of hydrogen-bond acceptors (Lipinski definition) is 4. The molecule has 4 atom stereocenters. The molecule has 0 spiro atoms. The van der Waals surface area contributed by atoms with Crippen LogP contribution >= 0.6 is 0 Å². The maximum absolute atomic E-state index is 9.92. The van der Waals surface area contributed by atoms with Gasteiger partial charge in [0.1, 0.15) is 0 Å². The largest absolute Gasteiger partial charge is 0.389 e. The average molecular weight is 270 g/mol. The molecule has 0 amide bonds. The molecule has 0 aromatic carbocycles. The van der Waals surface area contributed by atoms with Crippen molar-refractivity contribution in [3.63, 3.8) is 0 Å². The molecule has 2 fully saturated rings. The molecule has 112 valence electrons. The third-order valence-corrected chi connectivity index (χ3v) is 4.59. The van der Waals surface area contributed by atoms with Crippen molar-refractivity contribution in [1.82, 2.24) is 10.2 Å². The van der Waals surface area contributed by atoms with Gasteiger partial charge in [0.25, 0.3) is 0 Å². The normalized spacial score (nSPS) is 34.4. The lowest BCUT2D eigenvalue weighted by atomic mass is 9.90. The molecule has 4 heteroatoms. The van der Waals surface area contributed by atoms with E-state index < -0.39 is 0 Å². The number of hydrogen-bond donors (Lipinski definition) is 2. The predicted octanol–water partition coefficient (Wildman–Crippen LogP) is 1.09. The van der Waals surface area contributed by atoms with E-state index in [2.05, 4.69) is 31.1 Å². The number of ether oxygens (including phenoxy) is 1. The second kappa shape index (κ2) is 7.02. The van der Waals surface area contributed by atoms with Crippen LogP contribution in [0.4, 0.5) is 0 Å². The molecular weight excluding hydrogens is 240 g/mol. The molecular formula is C15H30N2O2. The van der Waals surface area contributed by atoms with Crippen LogP contribution in [0.5, 0.6) is 0 Å². The van der Waals surface area contributed by atoms with Gasteiger partial charge in [-0.3, -0.25) is 0 Å². The molecule has 0 radical (unpaired) electrons. The summed E-state index contributed by atoms with van der Waals surface area (Å²) in [5.74, 6) is 1.41. The highest BCUT2D eigenvalue weighted by molar-refractivity contribution is 4.86. The molecule has 4 unspecified atom stereocenters. The summed E-state index contributed by atoms with van der Waals surface area (Å²) < 4.78 is 5.53. The molecule has 2 rings (SSSR count). The standard InChI is InChI=1S/C15H30N2O2/c1-11-8-17(3)12(2)6-15(11)16-7-14(18)10-19-9-13-4-5-13/h11-16,18H,4-10H2,1-3H3. The fraction of sp³-hybridized carbons (Fsp3) is 1.00. The molecule has 19 heavy (non-hydrogen) atoms. The van der Waals surface area contributed by atoms with Gasteiger partial charge in [-0.2, -0.15) is 0 Å². The highest BCUT2D eigenvalue weighted by atomic mass is 16.5. The Morgan fingerprint density at radius 2 is 2.11 bits per heavy atom. The summed E-state index contributed by atoms with van der Waals surface area (Å²) in [6.45, 7) is 7.65. The van der Waals surface area contributed by atoms with Crippen molar-refractivity contribution in [2.24, 2.45) is 11.8 Å². The molecule has 0 bridgehead atoms. The summed E-state index contributed by atoms with van der Waals surface area (Å²) in [5, 5.41) is 13.4. The molecule has 0 aromatic rings. The Hall–Kier alpha value is -0.160. The monoisotopic (exact) mass is 270 g/mol. The first-order valence-corrected chi connectivity index (χ1v) is 7.75. The zero-order valence-corrected chi connectivity index (χ0v) is 12.6. The summed E-state index contributed by atoms with van der Waals surface area (Å²) in [6, 6.07) is 1.14. The van der Waals surface area contributed by atoms with Crippen LogP contribution in [0.2, 0.25) is 0 Å². The van der Waals surface area contributed by atoms with E-state index in [-0.39, 0.29) is 6.10 Å². The number of likely N-dealkylation sites (tertiary alicyclic amines) is 1. The van der Waals surface area contributed by atoms with Crippen LogP contribution in [-0.2, 0) is 4.74 Å². The van der Waals surface area contributed by atoms with Crippen molar-refractivity contribution in [2.75, 3.05) is 33.4 Å². The van der Waals surface area contributed by atoms with Gasteiger partial charge < -0.3 is 20.1 Å². The Morgan fingerprint density at radius 1 is 1.37 bits per heavy atom. The number of rotatable bonds is 7. The minimum atomic E-state index is -0.374. The van der Waals surface area contributed by atoms with E-state index >= 15 is 0 Å². The molecule has 2 aliphatic rings. The van der Waals surface area contributed by atoms with Gasteiger partial charge >= 0.3 is 0 Å². The lowest BCUT2D eigenvalue weighted by Gasteiger charge is -2.40. The summed E-state index contributed by atoms with van der Waals surface area (Å²) in [7, 11) is 2.19. The van der Waals surface area contributed by atoms with E-state index in [1.807, 2.05) is 0 Å². The van der Waals surface area contributed by atoms with E-state index in [1.165, 1.54) is 12.8 Å². The van der Waals surface area contributed by atoms with Gasteiger partial charge in [0.2, 0.25) is 0 Å². The Balaban J connectivity index is 1.60. The van der Waals surface area contributed by atoms with Crippen molar-refractivity contribution in [1.29, 1.82) is 0 Å². The number of aliphatic hydroxyl groups excluding tert-OH is 1. The Bertz CT molecular complexity index is 271. The lowest BCUT2D eigenvalue weighted by molar-refractivity contribution is 0.0269. The van der Waals surface area contributed by atoms with Crippen molar-refractivity contribution in [2.45, 2.75) is 51.3 Å². The SMILES string of the molecule is CC1CN(C)C(C)CC1NCC(O)COCC1CC1. The third kappa shape index (κ3) is 5.03. The van der Waals surface area contributed by atoms with Gasteiger partial charge in [0.15, 0.2) is 0 Å². The van der Waals surface area contributed by atoms with Crippen LogP contribution in [0.15, 0.2) is 0 Å². The van der Waals surface area contributed by atoms with E-state index in [0.717, 1.165) is 25.5 Å². The molecule has 1 heterocycles. The number of nitrogens with one attached hydrogen (secondary N) is 1. The first kappa shape index (κ1) is 15.2. The van der Waals surface area contributed by atoms with Gasteiger partial charge in [0.05, 0.1) is 12.7 Å². The average Bonchev–Trinajstić information content (AvgIpc) is 3.16. The maximum atomic E-state index is 9.92. The fourth-order valence-corrected chi connectivity index (χ4v) is 2.83. The number of nitrogens with zero attached hydrogens (tertiary/aromatic N) is 1. The van der Waals surface area contributed by atoms with E-state index in [9.17, 15) is 5.11 Å². The molecule has 1 saturated heterocycles. The summed E-state index contributed by atoms with van der Waals surface area (Å²) >= 11 is 0.